The fourth-order valence-corrected chi connectivity index (χ4v) is 7.39. The number of fused-ring (bicyclic) bond motifs is 1. The van der Waals surface area contributed by atoms with Crippen molar-refractivity contribution in [2.45, 2.75) is 50.9 Å². The van der Waals surface area contributed by atoms with E-state index in [1.54, 1.807) is 0 Å². The summed E-state index contributed by atoms with van der Waals surface area (Å²) in [5.74, 6) is 2.94. The lowest BCUT2D eigenvalue weighted by molar-refractivity contribution is -0.00733. The summed E-state index contributed by atoms with van der Waals surface area (Å²) in [5, 5.41) is 0. The summed E-state index contributed by atoms with van der Waals surface area (Å²) < 4.78 is 3.49. The third-order valence-electron chi connectivity index (χ3n) is 5.92. The second kappa shape index (κ2) is 3.89. The van der Waals surface area contributed by atoms with E-state index in [0.717, 1.165) is 17.8 Å². The van der Waals surface area contributed by atoms with Gasteiger partial charge in [-0.1, -0.05) is 0 Å². The first-order valence-electron chi connectivity index (χ1n) is 7.77. The molecule has 4 aliphatic carbocycles. The molecule has 0 unspecified atom stereocenters. The van der Waals surface area contributed by atoms with E-state index in [9.17, 15) is 0 Å². The normalized spacial score (nSPS) is 39.0. The van der Waals surface area contributed by atoms with E-state index in [4.69, 9.17) is 4.98 Å². The largest absolute Gasteiger partial charge is 0.284 e. The number of aromatic nitrogens is 2. The third-order valence-corrected chi connectivity index (χ3v) is 7.58. The van der Waals surface area contributed by atoms with Crippen molar-refractivity contribution in [3.05, 3.63) is 21.4 Å². The van der Waals surface area contributed by atoms with E-state index in [1.807, 2.05) is 11.3 Å². The van der Waals surface area contributed by atoms with Gasteiger partial charge >= 0.3 is 0 Å². The minimum absolute atomic E-state index is 0.396. The van der Waals surface area contributed by atoms with Crippen LogP contribution in [0.5, 0.6) is 0 Å². The molecule has 0 amide bonds. The van der Waals surface area contributed by atoms with Crippen LogP contribution in [0.15, 0.2) is 10.8 Å². The van der Waals surface area contributed by atoms with Crippen LogP contribution in [0.2, 0.25) is 0 Å². The van der Waals surface area contributed by atoms with Gasteiger partial charge in [-0.15, -0.1) is 11.3 Å². The quantitative estimate of drug-likeness (QED) is 0.712. The lowest BCUT2D eigenvalue weighted by atomic mass is 9.49. The molecule has 4 saturated carbocycles. The van der Waals surface area contributed by atoms with Gasteiger partial charge in [0.1, 0.15) is 4.60 Å². The van der Waals surface area contributed by atoms with E-state index in [0.29, 0.717) is 5.41 Å². The number of nitrogens with zero attached hydrogens (tertiary/aromatic N) is 2. The van der Waals surface area contributed by atoms with E-state index in [2.05, 4.69) is 33.5 Å². The third kappa shape index (κ3) is 1.52. The predicted molar refractivity (Wildman–Crippen MR) is 85.4 cm³/mol. The highest BCUT2D eigenvalue weighted by atomic mass is 79.9. The van der Waals surface area contributed by atoms with Crippen molar-refractivity contribution in [1.29, 1.82) is 0 Å². The van der Waals surface area contributed by atoms with Gasteiger partial charge in [-0.3, -0.25) is 4.40 Å². The van der Waals surface area contributed by atoms with Crippen molar-refractivity contribution in [1.82, 2.24) is 9.38 Å². The Balaban J connectivity index is 1.67. The van der Waals surface area contributed by atoms with Crippen molar-refractivity contribution < 1.29 is 0 Å². The molecule has 0 saturated heterocycles. The first-order chi connectivity index (χ1) is 9.63. The van der Waals surface area contributed by atoms with Gasteiger partial charge in [-0.05, 0) is 79.1 Å². The SMILES string of the molecule is Cc1cn2c(Br)c(C34CC5CC(CC(C5)C3)C4)nc2s1. The van der Waals surface area contributed by atoms with Gasteiger partial charge in [0.15, 0.2) is 4.96 Å². The van der Waals surface area contributed by atoms with Gasteiger partial charge in [-0.25, -0.2) is 4.98 Å². The van der Waals surface area contributed by atoms with Gasteiger partial charge in [0.05, 0.1) is 5.69 Å². The van der Waals surface area contributed by atoms with E-state index in [-0.39, 0.29) is 0 Å². The van der Waals surface area contributed by atoms with Crippen molar-refractivity contribution in [3.63, 3.8) is 0 Å². The van der Waals surface area contributed by atoms with Crippen LogP contribution in [0.4, 0.5) is 0 Å². The summed E-state index contributed by atoms with van der Waals surface area (Å²) in [6.45, 7) is 2.16. The Kier molecular flexibility index (Phi) is 2.38. The molecule has 106 valence electrons. The molecule has 6 rings (SSSR count). The molecule has 4 heteroatoms. The Morgan fingerprint density at radius 3 is 2.35 bits per heavy atom. The van der Waals surface area contributed by atoms with E-state index >= 15 is 0 Å². The van der Waals surface area contributed by atoms with Crippen LogP contribution in [0, 0.1) is 24.7 Å². The van der Waals surface area contributed by atoms with Crippen LogP contribution in [-0.2, 0) is 5.41 Å². The van der Waals surface area contributed by atoms with Crippen LogP contribution in [0.1, 0.15) is 49.1 Å². The maximum atomic E-state index is 5.06. The second-order valence-corrected chi connectivity index (χ2v) is 9.41. The highest BCUT2D eigenvalue weighted by Crippen LogP contribution is 2.61. The van der Waals surface area contributed by atoms with Crippen molar-refractivity contribution in [2.24, 2.45) is 17.8 Å². The Labute approximate surface area is 131 Å². The smallest absolute Gasteiger partial charge is 0.195 e. The molecule has 0 aromatic carbocycles. The second-order valence-electron chi connectivity index (χ2n) is 7.44. The summed E-state index contributed by atoms with van der Waals surface area (Å²) in [6, 6.07) is 0. The Hall–Kier alpha value is -0.350. The predicted octanol–water partition coefficient (Wildman–Crippen LogP) is 4.93. The van der Waals surface area contributed by atoms with E-state index in [1.165, 1.54) is 58.7 Å². The fourth-order valence-electron chi connectivity index (χ4n) is 5.67. The molecule has 4 aliphatic rings. The minimum atomic E-state index is 0.396. The molecule has 4 bridgehead atoms. The Morgan fingerprint density at radius 1 is 1.20 bits per heavy atom. The maximum Gasteiger partial charge on any atom is 0.195 e. The Bertz CT molecular complexity index is 663. The number of rotatable bonds is 1. The minimum Gasteiger partial charge on any atom is -0.284 e. The molecule has 2 aromatic rings. The number of hydrogen-bond acceptors (Lipinski definition) is 2. The van der Waals surface area contributed by atoms with Crippen LogP contribution >= 0.6 is 27.3 Å². The molecule has 0 radical (unpaired) electrons. The highest BCUT2D eigenvalue weighted by molar-refractivity contribution is 9.10. The molecule has 4 fully saturated rings. The zero-order valence-corrected chi connectivity index (χ0v) is 14.1. The summed E-state index contributed by atoms with van der Waals surface area (Å²) in [4.78, 5) is 7.56. The monoisotopic (exact) mass is 350 g/mol. The summed E-state index contributed by atoms with van der Waals surface area (Å²) in [5.41, 5.74) is 1.77. The number of aryl methyl sites for hydroxylation is 1. The van der Waals surface area contributed by atoms with Crippen molar-refractivity contribution in [2.75, 3.05) is 0 Å². The van der Waals surface area contributed by atoms with Gasteiger partial charge in [-0.2, -0.15) is 0 Å². The number of halogens is 1. The van der Waals surface area contributed by atoms with Gasteiger partial charge in [0, 0.05) is 16.5 Å². The molecule has 2 nitrogen and oxygen atoms in total. The van der Waals surface area contributed by atoms with Crippen LogP contribution in [-0.4, -0.2) is 9.38 Å². The van der Waals surface area contributed by atoms with Crippen LogP contribution in [0.25, 0.3) is 4.96 Å². The number of hydrogen-bond donors (Lipinski definition) is 0. The molecule has 2 aromatic heterocycles. The van der Waals surface area contributed by atoms with Crippen molar-refractivity contribution >= 4 is 32.2 Å². The first-order valence-corrected chi connectivity index (χ1v) is 9.38. The number of imidazole rings is 1. The lowest BCUT2D eigenvalue weighted by Crippen LogP contribution is -2.48. The zero-order chi connectivity index (χ0) is 13.5. The summed E-state index contributed by atoms with van der Waals surface area (Å²) in [6.07, 6.45) is 10.9. The van der Waals surface area contributed by atoms with Gasteiger partial charge in [0.2, 0.25) is 0 Å². The Morgan fingerprint density at radius 2 is 1.80 bits per heavy atom. The van der Waals surface area contributed by atoms with Crippen molar-refractivity contribution in [3.8, 4) is 0 Å². The molecule has 20 heavy (non-hydrogen) atoms. The standard InChI is InChI=1S/C16H19BrN2S/c1-9-8-19-14(17)13(18-15(19)20-9)16-5-10-2-11(6-16)4-12(3-10)7-16/h8,10-12H,2-7H2,1H3. The van der Waals surface area contributed by atoms with Gasteiger partial charge in [0.25, 0.3) is 0 Å². The lowest BCUT2D eigenvalue weighted by Gasteiger charge is -2.56. The molecule has 0 N–H and O–H groups in total. The molecule has 0 aliphatic heterocycles. The molecular weight excluding hydrogens is 332 g/mol. The average molecular weight is 351 g/mol. The van der Waals surface area contributed by atoms with Crippen LogP contribution < -0.4 is 0 Å². The topological polar surface area (TPSA) is 17.3 Å². The van der Waals surface area contributed by atoms with Crippen LogP contribution in [0.3, 0.4) is 0 Å². The van der Waals surface area contributed by atoms with Gasteiger partial charge < -0.3 is 0 Å². The number of thiazole rings is 1. The first kappa shape index (κ1) is 12.2. The summed E-state index contributed by atoms with van der Waals surface area (Å²) in [7, 11) is 0. The molecular formula is C16H19BrN2S. The van der Waals surface area contributed by atoms with E-state index < -0.39 is 0 Å². The average Bonchev–Trinajstić information content (AvgIpc) is 2.87. The molecule has 0 atom stereocenters. The fraction of sp³-hybridized carbons (Fsp3) is 0.688. The maximum absolute atomic E-state index is 5.06. The molecule has 2 heterocycles. The summed E-state index contributed by atoms with van der Waals surface area (Å²) >= 11 is 5.68. The molecule has 0 spiro atoms. The highest BCUT2D eigenvalue weighted by Gasteiger charge is 2.53. The zero-order valence-electron chi connectivity index (χ0n) is 11.7.